The summed E-state index contributed by atoms with van der Waals surface area (Å²) in [5, 5.41) is 17.6. The Morgan fingerprint density at radius 1 is 0.889 bits per heavy atom. The van der Waals surface area contributed by atoms with E-state index in [1.807, 2.05) is 0 Å². The van der Waals surface area contributed by atoms with Crippen LogP contribution in [0.4, 0.5) is 0 Å². The molecule has 0 heterocycles. The first kappa shape index (κ1) is 16.9. The second kappa shape index (κ2) is 8.91. The number of hydrogen-bond donors (Lipinski definition) is 3. The predicted molar refractivity (Wildman–Crippen MR) is 69.4 cm³/mol. The maximum atomic E-state index is 10.8. The fraction of sp³-hybridized carbons (Fsp3) is 0.846. The third kappa shape index (κ3) is 6.00. The molecule has 0 amide bonds. The fourth-order valence-corrected chi connectivity index (χ4v) is 1.84. The summed E-state index contributed by atoms with van der Waals surface area (Å²) >= 11 is 0. The van der Waals surface area contributed by atoms with Crippen LogP contribution in [-0.2, 0) is 9.59 Å². The third-order valence-corrected chi connectivity index (χ3v) is 3.19. The highest BCUT2D eigenvalue weighted by molar-refractivity contribution is 6.02. The molecule has 0 saturated carbocycles. The van der Waals surface area contributed by atoms with Gasteiger partial charge in [-0.05, 0) is 6.42 Å². The van der Waals surface area contributed by atoms with E-state index in [1.54, 1.807) is 0 Å². The van der Waals surface area contributed by atoms with E-state index in [1.165, 1.54) is 25.7 Å². The standard InChI is InChI=1S/C13H25NO4/c1-2-3-4-5-6-7-8-9-10-13(14,11(15)16)12(17)18/h2-10,14H2,1H3,(H,15,16)(H,17,18). The van der Waals surface area contributed by atoms with Gasteiger partial charge in [0.2, 0.25) is 5.54 Å². The summed E-state index contributed by atoms with van der Waals surface area (Å²) in [7, 11) is 0. The van der Waals surface area contributed by atoms with Crippen molar-refractivity contribution in [3.05, 3.63) is 0 Å². The van der Waals surface area contributed by atoms with E-state index < -0.39 is 17.5 Å². The first-order chi connectivity index (χ1) is 8.45. The van der Waals surface area contributed by atoms with Gasteiger partial charge in [0.15, 0.2) is 0 Å². The number of rotatable bonds is 11. The number of aliphatic carboxylic acids is 2. The fourth-order valence-electron chi connectivity index (χ4n) is 1.84. The first-order valence-corrected chi connectivity index (χ1v) is 6.70. The van der Waals surface area contributed by atoms with Crippen LogP contribution in [0.15, 0.2) is 0 Å². The van der Waals surface area contributed by atoms with Crippen molar-refractivity contribution in [2.45, 2.75) is 70.3 Å². The summed E-state index contributed by atoms with van der Waals surface area (Å²) in [5.41, 5.74) is 3.24. The molecule has 0 radical (unpaired) electrons. The van der Waals surface area contributed by atoms with E-state index in [0.29, 0.717) is 6.42 Å². The van der Waals surface area contributed by atoms with Crippen LogP contribution >= 0.6 is 0 Å². The molecule has 0 atom stereocenters. The van der Waals surface area contributed by atoms with E-state index in [0.717, 1.165) is 19.3 Å². The average molecular weight is 259 g/mol. The molecule has 0 aromatic heterocycles. The molecule has 0 bridgehead atoms. The summed E-state index contributed by atoms with van der Waals surface area (Å²) in [6.45, 7) is 2.17. The van der Waals surface area contributed by atoms with E-state index in [9.17, 15) is 9.59 Å². The van der Waals surface area contributed by atoms with Gasteiger partial charge in [-0.3, -0.25) is 0 Å². The number of hydrogen-bond acceptors (Lipinski definition) is 3. The molecule has 0 aliphatic heterocycles. The molecule has 4 N–H and O–H groups in total. The lowest BCUT2D eigenvalue weighted by Gasteiger charge is -2.19. The zero-order chi connectivity index (χ0) is 14.0. The molecule has 0 aromatic rings. The third-order valence-electron chi connectivity index (χ3n) is 3.19. The molecule has 0 unspecified atom stereocenters. The normalized spacial score (nSPS) is 11.4. The molecule has 18 heavy (non-hydrogen) atoms. The Labute approximate surface area is 108 Å². The van der Waals surface area contributed by atoms with Crippen molar-refractivity contribution < 1.29 is 19.8 Å². The number of carbonyl (C=O) groups is 2. The Balaban J connectivity index is 3.70. The molecule has 106 valence electrons. The number of carboxylic acids is 2. The van der Waals surface area contributed by atoms with Crippen molar-refractivity contribution in [2.75, 3.05) is 0 Å². The van der Waals surface area contributed by atoms with Crippen molar-refractivity contribution in [3.8, 4) is 0 Å². The number of carboxylic acid groups (broad SMARTS) is 2. The van der Waals surface area contributed by atoms with Crippen LogP contribution in [0.2, 0.25) is 0 Å². The first-order valence-electron chi connectivity index (χ1n) is 6.70. The molecule has 0 rings (SSSR count). The van der Waals surface area contributed by atoms with Crippen molar-refractivity contribution in [2.24, 2.45) is 5.73 Å². The maximum Gasteiger partial charge on any atom is 0.335 e. The summed E-state index contributed by atoms with van der Waals surface area (Å²) in [6.07, 6.45) is 8.41. The Kier molecular flexibility index (Phi) is 8.37. The summed E-state index contributed by atoms with van der Waals surface area (Å²) < 4.78 is 0. The summed E-state index contributed by atoms with van der Waals surface area (Å²) in [5.74, 6) is -2.92. The van der Waals surface area contributed by atoms with Crippen LogP contribution in [0.3, 0.4) is 0 Å². The van der Waals surface area contributed by atoms with Gasteiger partial charge in [0, 0.05) is 0 Å². The lowest BCUT2D eigenvalue weighted by molar-refractivity contribution is -0.157. The zero-order valence-corrected chi connectivity index (χ0v) is 11.2. The largest absolute Gasteiger partial charge is 0.479 e. The molecule has 0 fully saturated rings. The van der Waals surface area contributed by atoms with Gasteiger partial charge in [-0.1, -0.05) is 58.3 Å². The van der Waals surface area contributed by atoms with Crippen LogP contribution in [0, 0.1) is 0 Å². The van der Waals surface area contributed by atoms with Gasteiger partial charge in [0.1, 0.15) is 0 Å². The highest BCUT2D eigenvalue weighted by Gasteiger charge is 2.41. The topological polar surface area (TPSA) is 101 Å². The van der Waals surface area contributed by atoms with Crippen molar-refractivity contribution in [1.29, 1.82) is 0 Å². The molecule has 0 aliphatic rings. The van der Waals surface area contributed by atoms with Crippen LogP contribution in [0.25, 0.3) is 0 Å². The van der Waals surface area contributed by atoms with E-state index in [-0.39, 0.29) is 6.42 Å². The van der Waals surface area contributed by atoms with Crippen molar-refractivity contribution in [3.63, 3.8) is 0 Å². The van der Waals surface area contributed by atoms with Gasteiger partial charge in [0.25, 0.3) is 0 Å². The van der Waals surface area contributed by atoms with Gasteiger partial charge in [0.05, 0.1) is 0 Å². The Hall–Kier alpha value is -1.10. The van der Waals surface area contributed by atoms with Crippen LogP contribution in [0.5, 0.6) is 0 Å². The van der Waals surface area contributed by atoms with E-state index >= 15 is 0 Å². The summed E-state index contributed by atoms with van der Waals surface area (Å²) in [4.78, 5) is 21.6. The lowest BCUT2D eigenvalue weighted by Crippen LogP contribution is -2.54. The van der Waals surface area contributed by atoms with Gasteiger partial charge in [-0.15, -0.1) is 0 Å². The second-order valence-electron chi connectivity index (χ2n) is 4.81. The Morgan fingerprint density at radius 2 is 1.28 bits per heavy atom. The number of unbranched alkanes of at least 4 members (excludes halogenated alkanes) is 7. The Morgan fingerprint density at radius 3 is 1.67 bits per heavy atom. The van der Waals surface area contributed by atoms with Gasteiger partial charge < -0.3 is 15.9 Å². The summed E-state index contributed by atoms with van der Waals surface area (Å²) in [6, 6.07) is 0. The molecule has 0 spiro atoms. The average Bonchev–Trinajstić information content (AvgIpc) is 2.31. The second-order valence-corrected chi connectivity index (χ2v) is 4.81. The quantitative estimate of drug-likeness (QED) is 0.390. The SMILES string of the molecule is CCCCCCCCCCC(N)(C(=O)O)C(=O)O. The molecule has 0 aromatic carbocycles. The van der Waals surface area contributed by atoms with Crippen molar-refractivity contribution in [1.82, 2.24) is 0 Å². The predicted octanol–water partition coefficient (Wildman–Crippen LogP) is 2.38. The van der Waals surface area contributed by atoms with Crippen molar-refractivity contribution >= 4 is 11.9 Å². The zero-order valence-electron chi connectivity index (χ0n) is 11.2. The maximum absolute atomic E-state index is 10.8. The van der Waals surface area contributed by atoms with Gasteiger partial charge >= 0.3 is 11.9 Å². The molecule has 5 heteroatoms. The number of nitrogens with two attached hydrogens (primary N) is 1. The minimum atomic E-state index is -2.12. The molecular formula is C13H25NO4. The lowest BCUT2D eigenvalue weighted by atomic mass is 9.93. The minimum Gasteiger partial charge on any atom is -0.479 e. The smallest absolute Gasteiger partial charge is 0.335 e. The van der Waals surface area contributed by atoms with Crippen LogP contribution in [-0.4, -0.2) is 27.7 Å². The highest BCUT2D eigenvalue weighted by Crippen LogP contribution is 2.15. The van der Waals surface area contributed by atoms with Crippen LogP contribution in [0.1, 0.15) is 64.7 Å². The van der Waals surface area contributed by atoms with Gasteiger partial charge in [-0.2, -0.15) is 0 Å². The minimum absolute atomic E-state index is 0.00731. The van der Waals surface area contributed by atoms with E-state index in [2.05, 4.69) is 6.92 Å². The molecular weight excluding hydrogens is 234 g/mol. The molecule has 0 aliphatic carbocycles. The van der Waals surface area contributed by atoms with E-state index in [4.69, 9.17) is 15.9 Å². The van der Waals surface area contributed by atoms with Crippen LogP contribution < -0.4 is 5.73 Å². The Bertz CT molecular complexity index is 252. The molecule has 5 nitrogen and oxygen atoms in total. The highest BCUT2D eigenvalue weighted by atomic mass is 16.4. The molecule has 0 saturated heterocycles. The monoisotopic (exact) mass is 259 g/mol. The van der Waals surface area contributed by atoms with Gasteiger partial charge in [-0.25, -0.2) is 9.59 Å².